The molecule has 0 aromatic heterocycles. The van der Waals surface area contributed by atoms with E-state index in [1.807, 2.05) is 6.07 Å². The van der Waals surface area contributed by atoms with Crippen LogP contribution in [0.5, 0.6) is 0 Å². The second-order valence-corrected chi connectivity index (χ2v) is 5.64. The molecule has 1 saturated carbocycles. The van der Waals surface area contributed by atoms with Crippen LogP contribution in [0.4, 0.5) is 0 Å². The maximum absolute atomic E-state index is 12.3. The van der Waals surface area contributed by atoms with E-state index in [1.165, 1.54) is 0 Å². The first kappa shape index (κ1) is 14.6. The lowest BCUT2D eigenvalue weighted by molar-refractivity contribution is -0.135. The van der Waals surface area contributed by atoms with Crippen LogP contribution in [-0.2, 0) is 11.2 Å². The summed E-state index contributed by atoms with van der Waals surface area (Å²) >= 11 is 11.8. The van der Waals surface area contributed by atoms with Gasteiger partial charge >= 0.3 is 0 Å². The summed E-state index contributed by atoms with van der Waals surface area (Å²) in [4.78, 5) is 14.1. The third-order valence-electron chi connectivity index (χ3n) is 3.52. The number of nitrogens with zero attached hydrogens (tertiary/aromatic N) is 1. The molecule has 0 bridgehead atoms. The predicted octanol–water partition coefficient (Wildman–Crippen LogP) is 2.91. The van der Waals surface area contributed by atoms with Crippen LogP contribution >= 0.6 is 23.2 Å². The molecular formula is C14H17Cl2NO2. The summed E-state index contributed by atoms with van der Waals surface area (Å²) in [6.45, 7) is 0.411. The Kier molecular flexibility index (Phi) is 5.08. The Morgan fingerprint density at radius 2 is 2.05 bits per heavy atom. The molecule has 19 heavy (non-hydrogen) atoms. The number of hydrogen-bond donors (Lipinski definition) is 1. The van der Waals surface area contributed by atoms with Crippen molar-refractivity contribution < 1.29 is 9.90 Å². The van der Waals surface area contributed by atoms with Gasteiger partial charge in [0.25, 0.3) is 0 Å². The molecule has 0 radical (unpaired) electrons. The van der Waals surface area contributed by atoms with Crippen molar-refractivity contribution in [2.45, 2.75) is 31.7 Å². The average molecular weight is 302 g/mol. The lowest BCUT2D eigenvalue weighted by Gasteiger charge is -2.37. The van der Waals surface area contributed by atoms with Gasteiger partial charge in [0.05, 0.1) is 23.1 Å². The molecule has 0 spiro atoms. The van der Waals surface area contributed by atoms with Crippen LogP contribution in [0.2, 0.25) is 10.0 Å². The Labute approximate surface area is 123 Å². The van der Waals surface area contributed by atoms with E-state index in [4.69, 9.17) is 28.3 Å². The zero-order valence-corrected chi connectivity index (χ0v) is 12.1. The molecule has 1 aliphatic carbocycles. The van der Waals surface area contributed by atoms with Gasteiger partial charge in [0.1, 0.15) is 0 Å². The molecule has 0 unspecified atom stereocenters. The van der Waals surface area contributed by atoms with E-state index in [1.54, 1.807) is 17.0 Å². The topological polar surface area (TPSA) is 40.5 Å². The van der Waals surface area contributed by atoms with Gasteiger partial charge in [-0.05, 0) is 37.0 Å². The molecule has 2 rings (SSSR count). The molecule has 1 aliphatic rings. The van der Waals surface area contributed by atoms with Crippen molar-refractivity contribution in [1.29, 1.82) is 0 Å². The fraction of sp³-hybridized carbons (Fsp3) is 0.500. The molecule has 1 fully saturated rings. The smallest absolute Gasteiger partial charge is 0.227 e. The van der Waals surface area contributed by atoms with Crippen LogP contribution in [0.1, 0.15) is 24.8 Å². The Hall–Kier alpha value is -0.770. The van der Waals surface area contributed by atoms with Crippen LogP contribution in [0.3, 0.4) is 0 Å². The maximum atomic E-state index is 12.3. The Morgan fingerprint density at radius 3 is 2.58 bits per heavy atom. The Bertz CT molecular complexity index is 461. The Balaban J connectivity index is 2.03. The molecule has 1 N–H and O–H groups in total. The summed E-state index contributed by atoms with van der Waals surface area (Å²) in [6, 6.07) is 5.53. The van der Waals surface area contributed by atoms with Crippen LogP contribution in [0.15, 0.2) is 18.2 Å². The molecule has 1 aromatic rings. The first-order valence-electron chi connectivity index (χ1n) is 6.46. The lowest BCUT2D eigenvalue weighted by Crippen LogP contribution is -2.46. The van der Waals surface area contributed by atoms with Crippen LogP contribution < -0.4 is 0 Å². The maximum Gasteiger partial charge on any atom is 0.227 e. The largest absolute Gasteiger partial charge is 0.395 e. The van der Waals surface area contributed by atoms with E-state index in [-0.39, 0.29) is 12.5 Å². The van der Waals surface area contributed by atoms with Crippen molar-refractivity contribution in [3.8, 4) is 0 Å². The number of carbonyl (C=O) groups excluding carboxylic acids is 1. The standard InChI is InChI=1S/C14H17Cl2NO2/c15-12-5-4-10(8-13(12)16)9-14(19)17(6-7-18)11-2-1-3-11/h4-5,8,11,18H,1-3,6-7,9H2. The molecule has 0 saturated heterocycles. The molecule has 1 amide bonds. The summed E-state index contributed by atoms with van der Waals surface area (Å²) in [7, 11) is 0. The van der Waals surface area contributed by atoms with Gasteiger partial charge in [-0.2, -0.15) is 0 Å². The lowest BCUT2D eigenvalue weighted by atomic mass is 9.91. The number of hydrogen-bond acceptors (Lipinski definition) is 2. The van der Waals surface area contributed by atoms with Gasteiger partial charge in [-0.1, -0.05) is 29.3 Å². The molecule has 104 valence electrons. The molecular weight excluding hydrogens is 285 g/mol. The van der Waals surface area contributed by atoms with Crippen LogP contribution in [0.25, 0.3) is 0 Å². The number of rotatable bonds is 5. The third kappa shape index (κ3) is 3.62. The highest BCUT2D eigenvalue weighted by Crippen LogP contribution is 2.26. The molecule has 5 heteroatoms. The number of carbonyl (C=O) groups is 1. The minimum absolute atomic E-state index is 0.00359. The van der Waals surface area contributed by atoms with Gasteiger partial charge in [-0.3, -0.25) is 4.79 Å². The van der Waals surface area contributed by atoms with Crippen molar-refractivity contribution in [3.05, 3.63) is 33.8 Å². The van der Waals surface area contributed by atoms with Crippen molar-refractivity contribution in [1.82, 2.24) is 4.90 Å². The summed E-state index contributed by atoms with van der Waals surface area (Å²) in [5.74, 6) is 0.0390. The monoisotopic (exact) mass is 301 g/mol. The molecule has 0 heterocycles. The van der Waals surface area contributed by atoms with Gasteiger partial charge in [-0.15, -0.1) is 0 Å². The van der Waals surface area contributed by atoms with Crippen molar-refractivity contribution in [2.24, 2.45) is 0 Å². The number of aliphatic hydroxyl groups excluding tert-OH is 1. The summed E-state index contributed by atoms with van der Waals surface area (Å²) in [5, 5.41) is 10.0. The second kappa shape index (κ2) is 6.60. The fourth-order valence-electron chi connectivity index (χ4n) is 2.24. The Morgan fingerprint density at radius 1 is 1.32 bits per heavy atom. The highest BCUT2D eigenvalue weighted by atomic mass is 35.5. The normalized spacial score (nSPS) is 15.1. The zero-order valence-electron chi connectivity index (χ0n) is 10.6. The van der Waals surface area contributed by atoms with Gasteiger partial charge in [0.2, 0.25) is 5.91 Å². The third-order valence-corrected chi connectivity index (χ3v) is 4.26. The second-order valence-electron chi connectivity index (χ2n) is 4.82. The summed E-state index contributed by atoms with van der Waals surface area (Å²) < 4.78 is 0. The number of halogens is 2. The number of aliphatic hydroxyl groups is 1. The van der Waals surface area contributed by atoms with E-state index < -0.39 is 0 Å². The number of amides is 1. The highest BCUT2D eigenvalue weighted by Gasteiger charge is 2.28. The van der Waals surface area contributed by atoms with Gasteiger partial charge < -0.3 is 10.0 Å². The molecule has 1 aromatic carbocycles. The first-order chi connectivity index (χ1) is 9.11. The van der Waals surface area contributed by atoms with E-state index in [0.717, 1.165) is 24.8 Å². The van der Waals surface area contributed by atoms with Gasteiger partial charge in [0.15, 0.2) is 0 Å². The first-order valence-corrected chi connectivity index (χ1v) is 7.21. The van der Waals surface area contributed by atoms with Crippen molar-refractivity contribution >= 4 is 29.1 Å². The summed E-state index contributed by atoms with van der Waals surface area (Å²) in [5.41, 5.74) is 0.849. The van der Waals surface area contributed by atoms with Crippen LogP contribution in [-0.4, -0.2) is 35.1 Å². The summed E-state index contributed by atoms with van der Waals surface area (Å²) in [6.07, 6.45) is 3.53. The van der Waals surface area contributed by atoms with Crippen molar-refractivity contribution in [3.63, 3.8) is 0 Å². The van der Waals surface area contributed by atoms with E-state index >= 15 is 0 Å². The molecule has 3 nitrogen and oxygen atoms in total. The zero-order chi connectivity index (χ0) is 13.8. The van der Waals surface area contributed by atoms with Crippen LogP contribution in [0, 0.1) is 0 Å². The van der Waals surface area contributed by atoms with Gasteiger partial charge in [0, 0.05) is 12.6 Å². The molecule has 0 aliphatic heterocycles. The highest BCUT2D eigenvalue weighted by molar-refractivity contribution is 6.42. The van der Waals surface area contributed by atoms with Crippen molar-refractivity contribution in [2.75, 3.05) is 13.2 Å². The van der Waals surface area contributed by atoms with E-state index in [2.05, 4.69) is 0 Å². The minimum atomic E-state index is 0.00359. The quantitative estimate of drug-likeness (QED) is 0.908. The molecule has 0 atom stereocenters. The van der Waals surface area contributed by atoms with Gasteiger partial charge in [-0.25, -0.2) is 0 Å². The minimum Gasteiger partial charge on any atom is -0.395 e. The fourth-order valence-corrected chi connectivity index (χ4v) is 2.56. The van der Waals surface area contributed by atoms with E-state index in [9.17, 15) is 4.79 Å². The number of benzene rings is 1. The van der Waals surface area contributed by atoms with E-state index in [0.29, 0.717) is 29.1 Å². The average Bonchev–Trinajstić information content (AvgIpc) is 2.31. The SMILES string of the molecule is O=C(Cc1ccc(Cl)c(Cl)c1)N(CCO)C1CCC1. The predicted molar refractivity (Wildman–Crippen MR) is 76.6 cm³/mol.